The summed E-state index contributed by atoms with van der Waals surface area (Å²) in [6.07, 6.45) is -3.82. The van der Waals surface area contributed by atoms with E-state index in [-0.39, 0.29) is 11.6 Å². The molecule has 1 aromatic carbocycles. The van der Waals surface area contributed by atoms with Gasteiger partial charge in [0.25, 0.3) is 0 Å². The summed E-state index contributed by atoms with van der Waals surface area (Å²) in [5.41, 5.74) is 5.65. The highest BCUT2D eigenvalue weighted by Crippen LogP contribution is 2.36. The lowest BCUT2D eigenvalue weighted by molar-refractivity contribution is -0.136. The van der Waals surface area contributed by atoms with Gasteiger partial charge in [-0.3, -0.25) is 0 Å². The summed E-state index contributed by atoms with van der Waals surface area (Å²) in [6.45, 7) is 0.402. The van der Waals surface area contributed by atoms with Gasteiger partial charge in [0.15, 0.2) is 0 Å². The van der Waals surface area contributed by atoms with Crippen molar-refractivity contribution in [1.82, 2.24) is 9.55 Å². The molecule has 17 heavy (non-hydrogen) atoms. The number of halogens is 3. The standard InChI is InChI=1S/C11H10F3N3/c12-11(13,14)7-2-1-3-8-10(7)17-5-6(15)4-9(17)16-8/h1-3,6H,4-5,15H2. The van der Waals surface area contributed by atoms with Crippen LogP contribution in [0.15, 0.2) is 18.2 Å². The van der Waals surface area contributed by atoms with E-state index in [0.29, 0.717) is 24.3 Å². The van der Waals surface area contributed by atoms with E-state index in [9.17, 15) is 13.2 Å². The summed E-state index contributed by atoms with van der Waals surface area (Å²) in [4.78, 5) is 4.20. The third kappa shape index (κ3) is 1.51. The summed E-state index contributed by atoms with van der Waals surface area (Å²) < 4.78 is 40.3. The number of hydrogen-bond acceptors (Lipinski definition) is 2. The van der Waals surface area contributed by atoms with Gasteiger partial charge in [0.1, 0.15) is 5.82 Å². The first-order valence-electron chi connectivity index (χ1n) is 5.28. The van der Waals surface area contributed by atoms with Crippen molar-refractivity contribution in [1.29, 1.82) is 0 Å². The molecule has 3 nitrogen and oxygen atoms in total. The third-order valence-electron chi connectivity index (χ3n) is 3.01. The van der Waals surface area contributed by atoms with Gasteiger partial charge in [0, 0.05) is 19.0 Å². The van der Waals surface area contributed by atoms with Crippen molar-refractivity contribution in [3.05, 3.63) is 29.6 Å². The molecule has 6 heteroatoms. The average molecular weight is 241 g/mol. The van der Waals surface area contributed by atoms with Crippen molar-refractivity contribution in [3.63, 3.8) is 0 Å². The van der Waals surface area contributed by atoms with Crippen molar-refractivity contribution in [2.45, 2.75) is 25.2 Å². The second kappa shape index (κ2) is 3.22. The molecule has 0 saturated carbocycles. The fourth-order valence-corrected chi connectivity index (χ4v) is 2.35. The van der Waals surface area contributed by atoms with Gasteiger partial charge < -0.3 is 10.3 Å². The Morgan fingerprint density at radius 2 is 2.12 bits per heavy atom. The third-order valence-corrected chi connectivity index (χ3v) is 3.01. The van der Waals surface area contributed by atoms with E-state index in [2.05, 4.69) is 4.98 Å². The lowest BCUT2D eigenvalue weighted by atomic mass is 10.1. The van der Waals surface area contributed by atoms with Crippen LogP contribution in [-0.4, -0.2) is 15.6 Å². The van der Waals surface area contributed by atoms with Crippen LogP contribution in [0.2, 0.25) is 0 Å². The fourth-order valence-electron chi connectivity index (χ4n) is 2.35. The molecule has 90 valence electrons. The minimum Gasteiger partial charge on any atom is -0.326 e. The van der Waals surface area contributed by atoms with Crippen LogP contribution in [-0.2, 0) is 19.1 Å². The van der Waals surface area contributed by atoms with Gasteiger partial charge in [-0.15, -0.1) is 0 Å². The zero-order chi connectivity index (χ0) is 12.2. The normalized spacial score (nSPS) is 19.9. The van der Waals surface area contributed by atoms with E-state index < -0.39 is 11.7 Å². The molecule has 0 spiro atoms. The van der Waals surface area contributed by atoms with Gasteiger partial charge in [0.2, 0.25) is 0 Å². The van der Waals surface area contributed by atoms with E-state index in [1.54, 1.807) is 10.6 Å². The van der Waals surface area contributed by atoms with Crippen LogP contribution in [0.1, 0.15) is 11.4 Å². The number of rotatable bonds is 0. The Morgan fingerprint density at radius 1 is 1.35 bits per heavy atom. The first-order chi connectivity index (χ1) is 7.97. The number of benzene rings is 1. The molecule has 0 radical (unpaired) electrons. The second-order valence-electron chi connectivity index (χ2n) is 4.27. The van der Waals surface area contributed by atoms with E-state index in [1.807, 2.05) is 0 Å². The number of nitrogens with two attached hydrogens (primary N) is 1. The topological polar surface area (TPSA) is 43.8 Å². The number of aromatic nitrogens is 2. The second-order valence-corrected chi connectivity index (χ2v) is 4.27. The molecule has 1 unspecified atom stereocenters. The van der Waals surface area contributed by atoms with E-state index >= 15 is 0 Å². The maximum absolute atomic E-state index is 12.9. The van der Waals surface area contributed by atoms with E-state index in [1.165, 1.54) is 6.07 Å². The van der Waals surface area contributed by atoms with Crippen LogP contribution < -0.4 is 5.73 Å². The Hall–Kier alpha value is -1.56. The molecule has 3 rings (SSSR count). The van der Waals surface area contributed by atoms with Crippen molar-refractivity contribution in [2.24, 2.45) is 5.73 Å². The first kappa shape index (κ1) is 10.6. The molecule has 0 bridgehead atoms. The van der Waals surface area contributed by atoms with Crippen LogP contribution in [0.25, 0.3) is 11.0 Å². The van der Waals surface area contributed by atoms with Crippen molar-refractivity contribution < 1.29 is 13.2 Å². The monoisotopic (exact) mass is 241 g/mol. The van der Waals surface area contributed by atoms with Gasteiger partial charge in [0.05, 0.1) is 16.6 Å². The fraction of sp³-hybridized carbons (Fsp3) is 0.364. The Labute approximate surface area is 95.0 Å². The Morgan fingerprint density at radius 3 is 2.82 bits per heavy atom. The molecule has 0 amide bonds. The van der Waals surface area contributed by atoms with Gasteiger partial charge in [-0.05, 0) is 12.1 Å². The molecule has 1 aromatic heterocycles. The lowest BCUT2D eigenvalue weighted by Gasteiger charge is -2.10. The molecule has 2 aromatic rings. The molecule has 0 fully saturated rings. The molecule has 1 aliphatic heterocycles. The molecule has 2 heterocycles. The number of fused-ring (bicyclic) bond motifs is 3. The SMILES string of the molecule is NC1Cc2nc3cccc(C(F)(F)F)c3n2C1. The summed E-state index contributed by atoms with van der Waals surface area (Å²) in [6, 6.07) is 3.93. The number of imidazole rings is 1. The van der Waals surface area contributed by atoms with Gasteiger partial charge >= 0.3 is 6.18 Å². The number of alkyl halides is 3. The van der Waals surface area contributed by atoms with Crippen LogP contribution in [0.5, 0.6) is 0 Å². The Bertz CT molecular complexity index is 585. The van der Waals surface area contributed by atoms with Crippen LogP contribution in [0.3, 0.4) is 0 Å². The summed E-state index contributed by atoms with van der Waals surface area (Å²) in [5, 5.41) is 0. The number of hydrogen-bond donors (Lipinski definition) is 1. The lowest BCUT2D eigenvalue weighted by Crippen LogP contribution is -2.21. The predicted molar refractivity (Wildman–Crippen MR) is 56.4 cm³/mol. The first-order valence-corrected chi connectivity index (χ1v) is 5.28. The van der Waals surface area contributed by atoms with E-state index in [4.69, 9.17) is 5.73 Å². The number of nitrogens with zero attached hydrogens (tertiary/aromatic N) is 2. The highest BCUT2D eigenvalue weighted by Gasteiger charge is 2.35. The van der Waals surface area contributed by atoms with Crippen LogP contribution >= 0.6 is 0 Å². The Balaban J connectivity index is 2.32. The van der Waals surface area contributed by atoms with E-state index in [0.717, 1.165) is 6.07 Å². The highest BCUT2D eigenvalue weighted by atomic mass is 19.4. The molecular weight excluding hydrogens is 231 g/mol. The maximum Gasteiger partial charge on any atom is 0.418 e. The Kier molecular flexibility index (Phi) is 2.01. The summed E-state index contributed by atoms with van der Waals surface area (Å²) >= 11 is 0. The zero-order valence-electron chi connectivity index (χ0n) is 8.83. The van der Waals surface area contributed by atoms with Crippen molar-refractivity contribution in [2.75, 3.05) is 0 Å². The minimum absolute atomic E-state index is 0.136. The molecule has 2 N–H and O–H groups in total. The van der Waals surface area contributed by atoms with Gasteiger partial charge in [-0.2, -0.15) is 13.2 Å². The molecule has 0 aliphatic carbocycles. The smallest absolute Gasteiger partial charge is 0.326 e. The highest BCUT2D eigenvalue weighted by molar-refractivity contribution is 5.80. The average Bonchev–Trinajstić information content (AvgIpc) is 2.71. The predicted octanol–water partition coefficient (Wildman–Crippen LogP) is 1.94. The zero-order valence-corrected chi connectivity index (χ0v) is 8.83. The molecule has 1 aliphatic rings. The van der Waals surface area contributed by atoms with Gasteiger partial charge in [-0.25, -0.2) is 4.98 Å². The molecule has 1 atom stereocenters. The minimum atomic E-state index is -4.36. The van der Waals surface area contributed by atoms with Crippen molar-refractivity contribution >= 4 is 11.0 Å². The summed E-state index contributed by atoms with van der Waals surface area (Å²) in [5.74, 6) is 0.643. The molecule has 0 saturated heterocycles. The largest absolute Gasteiger partial charge is 0.418 e. The maximum atomic E-state index is 12.9. The summed E-state index contributed by atoms with van der Waals surface area (Å²) in [7, 11) is 0. The van der Waals surface area contributed by atoms with Crippen LogP contribution in [0, 0.1) is 0 Å². The quantitative estimate of drug-likeness (QED) is 0.766. The van der Waals surface area contributed by atoms with Gasteiger partial charge in [-0.1, -0.05) is 6.07 Å². The van der Waals surface area contributed by atoms with Crippen LogP contribution in [0.4, 0.5) is 13.2 Å². The molecular formula is C11H10F3N3. The van der Waals surface area contributed by atoms with Crippen molar-refractivity contribution in [3.8, 4) is 0 Å². The number of para-hydroxylation sites is 1.